The predicted molar refractivity (Wildman–Crippen MR) is 132 cm³/mol. The van der Waals surface area contributed by atoms with Gasteiger partial charge in [0, 0.05) is 29.7 Å². The van der Waals surface area contributed by atoms with E-state index >= 15 is 0 Å². The molecule has 3 rings (SSSR count). The quantitative estimate of drug-likeness (QED) is 0.404. The lowest BCUT2D eigenvalue weighted by Gasteiger charge is -2.14. The van der Waals surface area contributed by atoms with E-state index in [1.54, 1.807) is 78.0 Å². The van der Waals surface area contributed by atoms with Crippen LogP contribution in [0.15, 0.2) is 66.3 Å². The monoisotopic (exact) mass is 498 g/mol. The Morgan fingerprint density at radius 2 is 1.57 bits per heavy atom. The highest BCUT2D eigenvalue weighted by Gasteiger charge is 2.32. The summed E-state index contributed by atoms with van der Waals surface area (Å²) < 4.78 is 36.0. The summed E-state index contributed by atoms with van der Waals surface area (Å²) in [5.74, 6) is 1.20. The first-order chi connectivity index (χ1) is 16.9. The van der Waals surface area contributed by atoms with Crippen LogP contribution in [0.1, 0.15) is 22.7 Å². The van der Waals surface area contributed by atoms with Gasteiger partial charge in [0.2, 0.25) is 0 Å². The Kier molecular flexibility index (Phi) is 8.86. The molecule has 0 spiro atoms. The van der Waals surface area contributed by atoms with Gasteiger partial charge in [-0.1, -0.05) is 12.1 Å². The van der Waals surface area contributed by atoms with Crippen molar-refractivity contribution in [1.29, 1.82) is 0 Å². The summed E-state index contributed by atoms with van der Waals surface area (Å²) in [5, 5.41) is 11.5. The molecule has 0 saturated heterocycles. The SMILES string of the molecule is COc1cc(OC)c(/C=C/S(=O)Cc2ccc(OC)c(C(C(=O)O)[n+]3ccccc3)c2)c(OC)c1. The zero-order valence-electron chi connectivity index (χ0n) is 20.0. The molecule has 3 aromatic rings. The number of nitrogens with zero attached hydrogens (tertiary/aromatic N) is 1. The molecule has 2 atom stereocenters. The molecule has 1 N–H and O–H groups in total. The van der Waals surface area contributed by atoms with Gasteiger partial charge in [0.05, 0.1) is 56.1 Å². The van der Waals surface area contributed by atoms with Crippen molar-refractivity contribution in [3.63, 3.8) is 0 Å². The minimum Gasteiger partial charge on any atom is -0.496 e. The normalized spacial score (nSPS) is 12.7. The van der Waals surface area contributed by atoms with E-state index in [0.717, 1.165) is 0 Å². The summed E-state index contributed by atoms with van der Waals surface area (Å²) in [5.41, 5.74) is 1.80. The van der Waals surface area contributed by atoms with Crippen LogP contribution in [-0.2, 0) is 21.3 Å². The molecule has 0 bridgehead atoms. The topological polar surface area (TPSA) is 95.2 Å². The number of hydrogen-bond acceptors (Lipinski definition) is 6. The Hall–Kier alpha value is -3.85. The molecule has 1 heterocycles. The Balaban J connectivity index is 1.90. The van der Waals surface area contributed by atoms with E-state index in [-0.39, 0.29) is 5.75 Å². The first-order valence-corrected chi connectivity index (χ1v) is 12.0. The molecule has 9 heteroatoms. The lowest BCUT2D eigenvalue weighted by atomic mass is 10.0. The van der Waals surface area contributed by atoms with Gasteiger partial charge >= 0.3 is 5.97 Å². The summed E-state index contributed by atoms with van der Waals surface area (Å²) in [7, 11) is 4.70. The van der Waals surface area contributed by atoms with Gasteiger partial charge in [-0.15, -0.1) is 0 Å². The highest BCUT2D eigenvalue weighted by molar-refractivity contribution is 7.87. The van der Waals surface area contributed by atoms with Crippen LogP contribution in [0, 0.1) is 0 Å². The maximum Gasteiger partial charge on any atom is 0.378 e. The molecule has 1 aromatic heterocycles. The molecule has 2 aromatic carbocycles. The summed E-state index contributed by atoms with van der Waals surface area (Å²) in [6, 6.07) is 13.0. The standard InChI is InChI=1S/C26H27NO7S/c1-31-19-15-23(33-3)20(24(16-19)34-4)10-13-35(30)17-18-8-9-22(32-2)21(14-18)25(26(28)29)27-11-6-5-7-12-27/h5-16,25H,17H2,1-4H3/p+1/b13-10+. The number of carbonyl (C=O) groups is 1. The summed E-state index contributed by atoms with van der Waals surface area (Å²) in [6.07, 6.45) is 5.04. The van der Waals surface area contributed by atoms with Crippen molar-refractivity contribution in [2.24, 2.45) is 0 Å². The van der Waals surface area contributed by atoms with Crippen molar-refractivity contribution in [3.05, 3.63) is 83.0 Å². The fourth-order valence-corrected chi connectivity index (χ4v) is 4.54. The van der Waals surface area contributed by atoms with Crippen molar-refractivity contribution < 1.29 is 37.6 Å². The average molecular weight is 499 g/mol. The molecular weight excluding hydrogens is 470 g/mol. The van der Waals surface area contributed by atoms with Crippen molar-refractivity contribution in [2.75, 3.05) is 28.4 Å². The van der Waals surface area contributed by atoms with Crippen LogP contribution < -0.4 is 23.5 Å². The predicted octanol–water partition coefficient (Wildman–Crippen LogP) is 3.60. The number of ether oxygens (including phenoxy) is 4. The Labute approximate surface area is 206 Å². The third-order valence-corrected chi connectivity index (χ3v) is 6.37. The van der Waals surface area contributed by atoms with Crippen molar-refractivity contribution >= 4 is 22.8 Å². The molecular formula is C26H28NO7S+. The van der Waals surface area contributed by atoms with Gasteiger partial charge in [-0.05, 0) is 23.8 Å². The van der Waals surface area contributed by atoms with Gasteiger partial charge in [0.1, 0.15) is 23.0 Å². The average Bonchev–Trinajstić information content (AvgIpc) is 2.87. The second kappa shape index (κ2) is 12.0. The zero-order chi connectivity index (χ0) is 25.4. The largest absolute Gasteiger partial charge is 0.496 e. The zero-order valence-corrected chi connectivity index (χ0v) is 20.8. The molecule has 0 aliphatic rings. The van der Waals surface area contributed by atoms with Crippen LogP contribution in [0.25, 0.3) is 6.08 Å². The van der Waals surface area contributed by atoms with Crippen LogP contribution >= 0.6 is 0 Å². The van der Waals surface area contributed by atoms with Crippen LogP contribution in [-0.4, -0.2) is 43.7 Å². The maximum atomic E-state index is 12.9. The van der Waals surface area contributed by atoms with Gasteiger partial charge in [-0.3, -0.25) is 4.21 Å². The van der Waals surface area contributed by atoms with E-state index in [0.29, 0.717) is 39.7 Å². The molecule has 0 aliphatic carbocycles. The summed E-state index contributed by atoms with van der Waals surface area (Å²) >= 11 is 0. The highest BCUT2D eigenvalue weighted by atomic mass is 32.2. The third-order valence-electron chi connectivity index (χ3n) is 5.31. The second-order valence-corrected chi connectivity index (χ2v) is 8.74. The summed E-state index contributed by atoms with van der Waals surface area (Å²) in [6.45, 7) is 0. The van der Waals surface area contributed by atoms with Crippen molar-refractivity contribution in [3.8, 4) is 23.0 Å². The van der Waals surface area contributed by atoms with Crippen molar-refractivity contribution in [1.82, 2.24) is 0 Å². The van der Waals surface area contributed by atoms with Gasteiger partial charge < -0.3 is 24.1 Å². The van der Waals surface area contributed by atoms with E-state index in [9.17, 15) is 14.1 Å². The molecule has 0 fully saturated rings. The van der Waals surface area contributed by atoms with E-state index in [1.807, 2.05) is 6.07 Å². The molecule has 0 saturated carbocycles. The van der Waals surface area contributed by atoms with Gasteiger partial charge in [-0.25, -0.2) is 4.79 Å². The number of rotatable bonds is 11. The maximum absolute atomic E-state index is 12.9. The van der Waals surface area contributed by atoms with Crippen LogP contribution in [0.2, 0.25) is 0 Å². The molecule has 8 nitrogen and oxygen atoms in total. The minimum absolute atomic E-state index is 0.181. The van der Waals surface area contributed by atoms with E-state index in [1.165, 1.54) is 21.3 Å². The Morgan fingerprint density at radius 1 is 0.943 bits per heavy atom. The molecule has 0 aliphatic heterocycles. The number of aliphatic carboxylic acids is 1. The number of carboxylic acids is 1. The van der Waals surface area contributed by atoms with Gasteiger partial charge in [0.15, 0.2) is 12.4 Å². The van der Waals surface area contributed by atoms with E-state index in [4.69, 9.17) is 18.9 Å². The number of aromatic nitrogens is 1. The van der Waals surface area contributed by atoms with Crippen molar-refractivity contribution in [2.45, 2.75) is 11.8 Å². The van der Waals surface area contributed by atoms with Gasteiger partial charge in [0.25, 0.3) is 6.04 Å². The lowest BCUT2D eigenvalue weighted by molar-refractivity contribution is -0.702. The first kappa shape index (κ1) is 25.8. The molecule has 35 heavy (non-hydrogen) atoms. The van der Waals surface area contributed by atoms with E-state index < -0.39 is 22.8 Å². The Morgan fingerprint density at radius 3 is 2.11 bits per heavy atom. The van der Waals surface area contributed by atoms with Crippen LogP contribution in [0.3, 0.4) is 0 Å². The number of benzene rings is 2. The summed E-state index contributed by atoms with van der Waals surface area (Å²) in [4.78, 5) is 12.1. The van der Waals surface area contributed by atoms with E-state index in [2.05, 4.69) is 0 Å². The molecule has 0 amide bonds. The smallest absolute Gasteiger partial charge is 0.378 e. The first-order valence-electron chi connectivity index (χ1n) is 10.6. The molecule has 2 unspecified atom stereocenters. The fourth-order valence-electron chi connectivity index (χ4n) is 3.65. The number of carboxylic acid groups (broad SMARTS) is 1. The highest BCUT2D eigenvalue weighted by Crippen LogP contribution is 2.35. The second-order valence-electron chi connectivity index (χ2n) is 7.41. The molecule has 184 valence electrons. The lowest BCUT2D eigenvalue weighted by Crippen LogP contribution is -2.44. The number of pyridine rings is 1. The minimum atomic E-state index is -1.40. The van der Waals surface area contributed by atoms with Gasteiger partial charge in [-0.2, -0.15) is 4.57 Å². The van der Waals surface area contributed by atoms with Crippen LogP contribution in [0.5, 0.6) is 23.0 Å². The molecule has 0 radical (unpaired) electrons. The number of methoxy groups -OCH3 is 4. The third kappa shape index (κ3) is 6.19. The fraction of sp³-hybridized carbons (Fsp3) is 0.231. The van der Waals surface area contributed by atoms with Crippen LogP contribution in [0.4, 0.5) is 0 Å². The Bertz CT molecular complexity index is 1200. The number of hydrogen-bond donors (Lipinski definition) is 1.